The van der Waals surface area contributed by atoms with E-state index in [0.717, 1.165) is 24.0 Å². The molecular weight excluding hydrogens is 581 g/mol. The number of aliphatic hydroxyl groups is 1. The summed E-state index contributed by atoms with van der Waals surface area (Å²) >= 11 is 6.90. The molecule has 0 aliphatic carbocycles. The van der Waals surface area contributed by atoms with Gasteiger partial charge in [0, 0.05) is 3.57 Å². The van der Waals surface area contributed by atoms with Crippen LogP contribution in [0.4, 0.5) is 0 Å². The number of benzene rings is 2. The zero-order valence-electron chi connectivity index (χ0n) is 9.87. The molecule has 19 heavy (non-hydrogen) atoms. The molecule has 0 fully saturated rings. The Bertz CT molecular complexity index is 544. The molecule has 0 aliphatic rings. The molecule has 0 amide bonds. The third-order valence-corrected chi connectivity index (χ3v) is 4.78. The van der Waals surface area contributed by atoms with Crippen molar-refractivity contribution in [3.05, 3.63) is 58.2 Å². The topological polar surface area (TPSA) is 29.5 Å². The molecule has 0 spiro atoms. The summed E-state index contributed by atoms with van der Waals surface area (Å²) < 4.78 is 9.37. The van der Waals surface area contributed by atoms with Crippen molar-refractivity contribution in [2.75, 3.05) is 0 Å². The van der Waals surface area contributed by atoms with Crippen LogP contribution >= 0.6 is 67.8 Å². The van der Waals surface area contributed by atoms with E-state index in [2.05, 4.69) is 79.9 Å². The first kappa shape index (κ1) is 15.8. The molecule has 0 heterocycles. The Labute approximate surface area is 153 Å². The fourth-order valence-corrected chi connectivity index (χ4v) is 5.46. The van der Waals surface area contributed by atoms with Crippen LogP contribution in [0.5, 0.6) is 5.75 Å². The van der Waals surface area contributed by atoms with Crippen molar-refractivity contribution in [1.82, 2.24) is 0 Å². The smallest absolute Gasteiger partial charge is 0.146 e. The zero-order valence-corrected chi connectivity index (χ0v) is 16.3. The first-order valence-electron chi connectivity index (χ1n) is 5.56. The fraction of sp³-hybridized carbons (Fsp3) is 0.143. The number of aliphatic hydroxyl groups excluding tert-OH is 1. The number of hydrogen-bond acceptors (Lipinski definition) is 2. The molecule has 0 unspecified atom stereocenters. The lowest BCUT2D eigenvalue weighted by atomic mass is 10.1. The van der Waals surface area contributed by atoms with Crippen LogP contribution in [0.25, 0.3) is 0 Å². The van der Waals surface area contributed by atoms with Crippen molar-refractivity contribution in [2.45, 2.75) is 13.2 Å². The molecule has 0 aromatic heterocycles. The molecule has 0 saturated heterocycles. The normalized spacial score (nSPS) is 10.5. The van der Waals surface area contributed by atoms with Crippen LogP contribution < -0.4 is 4.74 Å². The van der Waals surface area contributed by atoms with E-state index in [9.17, 15) is 0 Å². The van der Waals surface area contributed by atoms with Crippen molar-refractivity contribution >= 4 is 67.8 Å². The minimum absolute atomic E-state index is 0.0774. The van der Waals surface area contributed by atoms with Gasteiger partial charge in [-0.3, -0.25) is 0 Å². The first-order chi connectivity index (χ1) is 9.10. The van der Waals surface area contributed by atoms with Crippen molar-refractivity contribution in [3.8, 4) is 5.75 Å². The van der Waals surface area contributed by atoms with Gasteiger partial charge in [0.05, 0.1) is 13.7 Å². The van der Waals surface area contributed by atoms with Gasteiger partial charge in [-0.1, -0.05) is 24.3 Å². The molecule has 0 bridgehead atoms. The molecule has 5 heteroatoms. The minimum atomic E-state index is 0.0774. The number of ether oxygens (including phenoxy) is 1. The Balaban J connectivity index is 2.10. The SMILES string of the molecule is OCc1ccc(COc2c(I)cc(I)cc2I)cc1. The van der Waals surface area contributed by atoms with E-state index < -0.39 is 0 Å². The van der Waals surface area contributed by atoms with Crippen LogP contribution in [0.1, 0.15) is 11.1 Å². The standard InChI is InChI=1S/C14H11I3O2/c15-11-5-12(16)14(13(17)6-11)19-8-10-3-1-9(7-18)2-4-10/h1-6,18H,7-8H2. The van der Waals surface area contributed by atoms with E-state index in [4.69, 9.17) is 9.84 Å². The summed E-state index contributed by atoms with van der Waals surface area (Å²) in [5.74, 6) is 0.938. The molecule has 0 aliphatic heterocycles. The van der Waals surface area contributed by atoms with Gasteiger partial charge in [0.1, 0.15) is 12.4 Å². The summed E-state index contributed by atoms with van der Waals surface area (Å²) in [5.41, 5.74) is 2.02. The lowest BCUT2D eigenvalue weighted by Crippen LogP contribution is -1.99. The summed E-state index contributed by atoms with van der Waals surface area (Å²) in [4.78, 5) is 0. The number of rotatable bonds is 4. The van der Waals surface area contributed by atoms with Crippen molar-refractivity contribution in [1.29, 1.82) is 0 Å². The highest BCUT2D eigenvalue weighted by atomic mass is 127. The highest BCUT2D eigenvalue weighted by molar-refractivity contribution is 14.1. The van der Waals surface area contributed by atoms with Gasteiger partial charge < -0.3 is 9.84 Å². The average Bonchev–Trinajstić information content (AvgIpc) is 2.38. The second-order valence-electron chi connectivity index (χ2n) is 3.96. The molecule has 2 rings (SSSR count). The molecule has 2 aromatic carbocycles. The highest BCUT2D eigenvalue weighted by Crippen LogP contribution is 2.30. The molecule has 2 nitrogen and oxygen atoms in total. The largest absolute Gasteiger partial charge is 0.487 e. The molecule has 100 valence electrons. The van der Waals surface area contributed by atoms with Crippen LogP contribution in [0.3, 0.4) is 0 Å². The van der Waals surface area contributed by atoms with Crippen molar-refractivity contribution in [3.63, 3.8) is 0 Å². The van der Waals surface area contributed by atoms with Crippen LogP contribution in [0.15, 0.2) is 36.4 Å². The van der Waals surface area contributed by atoms with Crippen molar-refractivity contribution < 1.29 is 9.84 Å². The third-order valence-electron chi connectivity index (χ3n) is 2.55. The monoisotopic (exact) mass is 592 g/mol. The maximum absolute atomic E-state index is 9.00. The minimum Gasteiger partial charge on any atom is -0.487 e. The van der Waals surface area contributed by atoms with E-state index >= 15 is 0 Å². The van der Waals surface area contributed by atoms with E-state index in [0.29, 0.717) is 6.61 Å². The first-order valence-corrected chi connectivity index (χ1v) is 8.80. The molecule has 0 atom stereocenters. The highest BCUT2D eigenvalue weighted by Gasteiger charge is 2.08. The average molecular weight is 592 g/mol. The van der Waals surface area contributed by atoms with E-state index in [1.807, 2.05) is 24.3 Å². The number of hydrogen-bond donors (Lipinski definition) is 1. The van der Waals surface area contributed by atoms with Gasteiger partial charge in [-0.15, -0.1) is 0 Å². The Morgan fingerprint density at radius 2 is 1.42 bits per heavy atom. The van der Waals surface area contributed by atoms with Gasteiger partial charge >= 0.3 is 0 Å². The second-order valence-corrected chi connectivity index (χ2v) is 7.53. The second kappa shape index (κ2) is 7.41. The fourth-order valence-electron chi connectivity index (χ4n) is 1.56. The van der Waals surface area contributed by atoms with Gasteiger partial charge in [-0.05, 0) is 91.0 Å². The summed E-state index contributed by atoms with van der Waals surface area (Å²) in [6, 6.07) is 12.0. The Hall–Kier alpha value is 0.390. The quantitative estimate of drug-likeness (QED) is 0.528. The van der Waals surface area contributed by atoms with E-state index in [1.54, 1.807) is 0 Å². The lowest BCUT2D eigenvalue weighted by Gasteiger charge is -2.11. The predicted molar refractivity (Wildman–Crippen MR) is 101 cm³/mol. The molecular formula is C14H11I3O2. The molecule has 1 N–H and O–H groups in total. The van der Waals surface area contributed by atoms with E-state index in [-0.39, 0.29) is 6.61 Å². The lowest BCUT2D eigenvalue weighted by molar-refractivity contribution is 0.281. The summed E-state index contributed by atoms with van der Waals surface area (Å²) in [6.07, 6.45) is 0. The summed E-state index contributed by atoms with van der Waals surface area (Å²) in [6.45, 7) is 0.617. The van der Waals surface area contributed by atoms with Crippen LogP contribution in [-0.2, 0) is 13.2 Å². The van der Waals surface area contributed by atoms with E-state index in [1.165, 1.54) is 3.57 Å². The van der Waals surface area contributed by atoms with Crippen molar-refractivity contribution in [2.24, 2.45) is 0 Å². The number of halogens is 3. The predicted octanol–water partition coefficient (Wildman–Crippen LogP) is 4.57. The van der Waals surface area contributed by atoms with Gasteiger partial charge in [0.15, 0.2) is 0 Å². The summed E-state index contributed by atoms with van der Waals surface area (Å²) in [7, 11) is 0. The molecule has 0 radical (unpaired) electrons. The van der Waals surface area contributed by atoms with Crippen LogP contribution in [0, 0.1) is 10.7 Å². The van der Waals surface area contributed by atoms with Gasteiger partial charge in [-0.25, -0.2) is 0 Å². The Morgan fingerprint density at radius 3 is 1.95 bits per heavy atom. The Morgan fingerprint density at radius 1 is 0.895 bits per heavy atom. The van der Waals surface area contributed by atoms with Crippen LogP contribution in [-0.4, -0.2) is 5.11 Å². The molecule has 2 aromatic rings. The maximum Gasteiger partial charge on any atom is 0.146 e. The molecule has 0 saturated carbocycles. The summed E-state index contributed by atoms with van der Waals surface area (Å²) in [5, 5.41) is 9.00. The zero-order chi connectivity index (χ0) is 13.8. The van der Waals surface area contributed by atoms with Gasteiger partial charge in [-0.2, -0.15) is 0 Å². The van der Waals surface area contributed by atoms with Gasteiger partial charge in [0.25, 0.3) is 0 Å². The Kier molecular flexibility index (Phi) is 6.15. The maximum atomic E-state index is 9.00. The third kappa shape index (κ3) is 4.43. The van der Waals surface area contributed by atoms with Gasteiger partial charge in [0.2, 0.25) is 0 Å². The van der Waals surface area contributed by atoms with Crippen LogP contribution in [0.2, 0.25) is 0 Å².